The van der Waals surface area contributed by atoms with Crippen molar-refractivity contribution in [1.82, 2.24) is 15.3 Å². The van der Waals surface area contributed by atoms with E-state index in [0.29, 0.717) is 22.8 Å². The third kappa shape index (κ3) is 3.61. The van der Waals surface area contributed by atoms with E-state index in [1.807, 2.05) is 0 Å². The van der Waals surface area contributed by atoms with Gasteiger partial charge in [-0.25, -0.2) is 14.6 Å². The zero-order valence-electron chi connectivity index (χ0n) is 14.1. The molecule has 0 atom stereocenters. The van der Waals surface area contributed by atoms with Gasteiger partial charge in [-0.05, 0) is 26.0 Å². The normalized spacial score (nSPS) is 10.5. The van der Waals surface area contributed by atoms with Gasteiger partial charge in [0.25, 0.3) is 0 Å². The van der Waals surface area contributed by atoms with Gasteiger partial charge in [0, 0.05) is 12.1 Å². The van der Waals surface area contributed by atoms with Crippen molar-refractivity contribution in [3.8, 4) is 22.8 Å². The third-order valence-corrected chi connectivity index (χ3v) is 3.25. The quantitative estimate of drug-likeness (QED) is 0.613. The Morgan fingerprint density at radius 3 is 1.73 bits per heavy atom. The van der Waals surface area contributed by atoms with Gasteiger partial charge in [0.2, 0.25) is 11.5 Å². The zero-order chi connectivity index (χ0) is 18.5. The Morgan fingerprint density at radius 2 is 1.31 bits per heavy atom. The second kappa shape index (κ2) is 7.60. The number of carbonyl (C=O) groups excluding carboxylic acids is 2. The standard InChI is InChI=1S/C17H15N3O6/c1-3-23-16(21)14-8-12(19-25-14)10-6-5-7-11(18-10)13-9-15(26-20-13)17(22)24-4-2/h5-9H,3-4H2,1-2H3. The molecular weight excluding hydrogens is 342 g/mol. The highest BCUT2D eigenvalue weighted by Gasteiger charge is 2.18. The molecule has 0 N–H and O–H groups in total. The van der Waals surface area contributed by atoms with Gasteiger partial charge < -0.3 is 18.5 Å². The van der Waals surface area contributed by atoms with Gasteiger partial charge in [-0.2, -0.15) is 0 Å². The maximum atomic E-state index is 11.7. The minimum absolute atomic E-state index is 0.0138. The molecule has 9 heteroatoms. The maximum Gasteiger partial charge on any atom is 0.377 e. The van der Waals surface area contributed by atoms with E-state index in [4.69, 9.17) is 18.5 Å². The van der Waals surface area contributed by atoms with Gasteiger partial charge in [0.1, 0.15) is 11.4 Å². The molecule has 0 spiro atoms. The molecule has 3 aromatic rings. The average Bonchev–Trinajstić information content (AvgIpc) is 3.32. The third-order valence-electron chi connectivity index (χ3n) is 3.25. The molecule has 134 valence electrons. The summed E-state index contributed by atoms with van der Waals surface area (Å²) in [6.07, 6.45) is 0. The number of carbonyl (C=O) groups is 2. The van der Waals surface area contributed by atoms with E-state index in [9.17, 15) is 9.59 Å². The second-order valence-electron chi connectivity index (χ2n) is 5.00. The van der Waals surface area contributed by atoms with Gasteiger partial charge in [-0.15, -0.1) is 0 Å². The number of pyridine rings is 1. The summed E-state index contributed by atoms with van der Waals surface area (Å²) in [5.74, 6) is -1.23. The number of aromatic nitrogens is 3. The minimum atomic E-state index is -0.599. The highest BCUT2D eigenvalue weighted by atomic mass is 16.6. The fraction of sp³-hybridized carbons (Fsp3) is 0.235. The summed E-state index contributed by atoms with van der Waals surface area (Å²) in [7, 11) is 0. The van der Waals surface area contributed by atoms with Crippen molar-refractivity contribution in [3.05, 3.63) is 41.9 Å². The molecule has 0 saturated heterocycles. The molecule has 0 aromatic carbocycles. The molecule has 0 aliphatic heterocycles. The van der Waals surface area contributed by atoms with Crippen LogP contribution in [0.4, 0.5) is 0 Å². The van der Waals surface area contributed by atoms with Crippen molar-refractivity contribution in [2.45, 2.75) is 13.8 Å². The number of esters is 2. The van der Waals surface area contributed by atoms with Crippen molar-refractivity contribution in [3.63, 3.8) is 0 Å². The van der Waals surface area contributed by atoms with E-state index in [2.05, 4.69) is 15.3 Å². The van der Waals surface area contributed by atoms with Crippen LogP contribution < -0.4 is 0 Å². The Bertz CT molecular complexity index is 858. The van der Waals surface area contributed by atoms with Crippen LogP contribution in [0.15, 0.2) is 39.4 Å². The lowest BCUT2D eigenvalue weighted by atomic mass is 10.2. The molecule has 0 aliphatic rings. The molecule has 0 amide bonds. The molecule has 0 saturated carbocycles. The lowest BCUT2D eigenvalue weighted by Gasteiger charge is -1.98. The number of ether oxygens (including phenoxy) is 2. The van der Waals surface area contributed by atoms with Gasteiger partial charge in [-0.1, -0.05) is 16.4 Å². The molecule has 0 radical (unpaired) electrons. The van der Waals surface area contributed by atoms with Crippen LogP contribution in [-0.4, -0.2) is 40.4 Å². The number of hydrogen-bond acceptors (Lipinski definition) is 9. The maximum absolute atomic E-state index is 11.7. The molecule has 0 fully saturated rings. The number of rotatable bonds is 6. The van der Waals surface area contributed by atoms with Crippen LogP contribution in [0.1, 0.15) is 35.0 Å². The summed E-state index contributed by atoms with van der Waals surface area (Å²) in [5.41, 5.74) is 1.65. The van der Waals surface area contributed by atoms with Crippen molar-refractivity contribution in [1.29, 1.82) is 0 Å². The first kappa shape index (κ1) is 17.3. The van der Waals surface area contributed by atoms with E-state index in [1.165, 1.54) is 12.1 Å². The lowest BCUT2D eigenvalue weighted by molar-refractivity contribution is 0.0471. The van der Waals surface area contributed by atoms with Gasteiger partial charge in [0.05, 0.1) is 24.6 Å². The molecular formula is C17H15N3O6. The Kier molecular flexibility index (Phi) is 5.07. The first-order chi connectivity index (χ1) is 12.6. The molecule has 3 heterocycles. The summed E-state index contributed by atoms with van der Waals surface area (Å²) in [6.45, 7) is 3.86. The van der Waals surface area contributed by atoms with Gasteiger partial charge in [-0.3, -0.25) is 0 Å². The topological polar surface area (TPSA) is 118 Å². The zero-order valence-corrected chi connectivity index (χ0v) is 14.1. The van der Waals surface area contributed by atoms with Crippen molar-refractivity contribution >= 4 is 11.9 Å². The Morgan fingerprint density at radius 1 is 0.846 bits per heavy atom. The van der Waals surface area contributed by atoms with Gasteiger partial charge >= 0.3 is 11.9 Å². The molecule has 0 unspecified atom stereocenters. The minimum Gasteiger partial charge on any atom is -0.460 e. The van der Waals surface area contributed by atoms with Crippen LogP contribution in [0.5, 0.6) is 0 Å². The van der Waals surface area contributed by atoms with E-state index in [-0.39, 0.29) is 24.7 Å². The smallest absolute Gasteiger partial charge is 0.377 e. The highest BCUT2D eigenvalue weighted by molar-refractivity contribution is 5.88. The number of hydrogen-bond donors (Lipinski definition) is 0. The Labute approximate surface area is 147 Å². The van der Waals surface area contributed by atoms with Gasteiger partial charge in [0.15, 0.2) is 0 Å². The Hall–Kier alpha value is -3.49. The predicted octanol–water partition coefficient (Wildman–Crippen LogP) is 2.75. The summed E-state index contributed by atoms with van der Waals surface area (Å²) in [4.78, 5) is 27.7. The van der Waals surface area contributed by atoms with Crippen LogP contribution in [0.2, 0.25) is 0 Å². The van der Waals surface area contributed by atoms with E-state index < -0.39 is 11.9 Å². The summed E-state index contributed by atoms with van der Waals surface area (Å²) in [5, 5.41) is 7.65. The van der Waals surface area contributed by atoms with Crippen molar-refractivity contribution in [2.24, 2.45) is 0 Å². The van der Waals surface area contributed by atoms with Crippen LogP contribution in [-0.2, 0) is 9.47 Å². The van der Waals surface area contributed by atoms with Crippen molar-refractivity contribution in [2.75, 3.05) is 13.2 Å². The Balaban J connectivity index is 1.85. The second-order valence-corrected chi connectivity index (χ2v) is 5.00. The molecule has 0 bridgehead atoms. The molecule has 3 aromatic heterocycles. The summed E-state index contributed by atoms with van der Waals surface area (Å²) in [6, 6.07) is 8.01. The number of nitrogens with zero attached hydrogens (tertiary/aromatic N) is 3. The lowest BCUT2D eigenvalue weighted by Crippen LogP contribution is -2.02. The van der Waals surface area contributed by atoms with Crippen LogP contribution in [0.3, 0.4) is 0 Å². The monoisotopic (exact) mass is 357 g/mol. The van der Waals surface area contributed by atoms with E-state index >= 15 is 0 Å². The first-order valence-electron chi connectivity index (χ1n) is 7.87. The summed E-state index contributed by atoms with van der Waals surface area (Å²) >= 11 is 0. The van der Waals surface area contributed by atoms with Crippen LogP contribution in [0.25, 0.3) is 22.8 Å². The largest absolute Gasteiger partial charge is 0.460 e. The SMILES string of the molecule is CCOC(=O)c1cc(-c2cccc(-c3cc(C(=O)OCC)on3)n2)no1. The van der Waals surface area contributed by atoms with Crippen LogP contribution >= 0.6 is 0 Å². The fourth-order valence-corrected chi connectivity index (χ4v) is 2.11. The van der Waals surface area contributed by atoms with Crippen LogP contribution in [0, 0.1) is 0 Å². The molecule has 0 aliphatic carbocycles. The average molecular weight is 357 g/mol. The molecule has 3 rings (SSSR count). The fourth-order valence-electron chi connectivity index (χ4n) is 2.11. The predicted molar refractivity (Wildman–Crippen MR) is 87.1 cm³/mol. The first-order valence-corrected chi connectivity index (χ1v) is 7.87. The highest BCUT2D eigenvalue weighted by Crippen LogP contribution is 2.23. The van der Waals surface area contributed by atoms with Crippen molar-refractivity contribution < 1.29 is 28.1 Å². The van der Waals surface area contributed by atoms with E-state index in [1.54, 1.807) is 32.0 Å². The molecule has 9 nitrogen and oxygen atoms in total. The summed E-state index contributed by atoms with van der Waals surface area (Å²) < 4.78 is 19.7. The molecule has 26 heavy (non-hydrogen) atoms. The van der Waals surface area contributed by atoms with E-state index in [0.717, 1.165) is 0 Å².